The number of hydrogen-bond donors (Lipinski definition) is 1. The second-order valence-corrected chi connectivity index (χ2v) is 5.23. The van der Waals surface area contributed by atoms with Gasteiger partial charge in [-0.3, -0.25) is 4.90 Å². The molecule has 0 amide bonds. The highest BCUT2D eigenvalue weighted by Crippen LogP contribution is 2.14. The monoisotopic (exact) mass is 249 g/mol. The molecule has 0 aliphatic rings. The van der Waals surface area contributed by atoms with Crippen LogP contribution in [0.1, 0.15) is 43.4 Å². The average molecular weight is 249 g/mol. The second kappa shape index (κ2) is 7.55. The van der Waals surface area contributed by atoms with Crippen molar-refractivity contribution in [3.8, 4) is 0 Å². The zero-order valence-electron chi connectivity index (χ0n) is 12.2. The third-order valence-electron chi connectivity index (χ3n) is 3.38. The summed E-state index contributed by atoms with van der Waals surface area (Å²) in [5.74, 6) is 0. The standard InChI is InChI=1S/C16H27NO/c1-5-9-17(12-16(18)6-2)11-15-10-13(3)7-8-14(15)4/h7-8,10,16,18H,5-6,9,11-12H2,1-4H3. The molecule has 1 unspecified atom stereocenters. The van der Waals surface area contributed by atoms with Gasteiger partial charge in [0.25, 0.3) is 0 Å². The van der Waals surface area contributed by atoms with Crippen LogP contribution in [0.5, 0.6) is 0 Å². The van der Waals surface area contributed by atoms with Crippen LogP contribution in [-0.4, -0.2) is 29.2 Å². The Morgan fingerprint density at radius 2 is 1.94 bits per heavy atom. The largest absolute Gasteiger partial charge is 0.392 e. The Labute approximate surface area is 112 Å². The molecule has 0 bridgehead atoms. The molecule has 0 aliphatic carbocycles. The van der Waals surface area contributed by atoms with Crippen molar-refractivity contribution in [1.82, 2.24) is 4.90 Å². The summed E-state index contributed by atoms with van der Waals surface area (Å²) >= 11 is 0. The number of benzene rings is 1. The predicted octanol–water partition coefficient (Wildman–Crippen LogP) is 3.29. The minimum atomic E-state index is -0.207. The van der Waals surface area contributed by atoms with Crippen LogP contribution in [-0.2, 0) is 6.54 Å². The second-order valence-electron chi connectivity index (χ2n) is 5.23. The molecule has 0 aliphatic heterocycles. The summed E-state index contributed by atoms with van der Waals surface area (Å²) in [5.41, 5.74) is 4.03. The lowest BCUT2D eigenvalue weighted by Gasteiger charge is -2.25. The van der Waals surface area contributed by atoms with E-state index in [9.17, 15) is 5.11 Å². The summed E-state index contributed by atoms with van der Waals surface area (Å²) in [6, 6.07) is 6.60. The molecule has 1 N–H and O–H groups in total. The Hall–Kier alpha value is -0.860. The van der Waals surface area contributed by atoms with Crippen LogP contribution in [0.25, 0.3) is 0 Å². The van der Waals surface area contributed by atoms with Crippen molar-refractivity contribution in [3.05, 3.63) is 34.9 Å². The van der Waals surface area contributed by atoms with Crippen molar-refractivity contribution < 1.29 is 5.11 Å². The van der Waals surface area contributed by atoms with E-state index in [2.05, 4.69) is 43.9 Å². The van der Waals surface area contributed by atoms with E-state index in [-0.39, 0.29) is 6.10 Å². The molecular formula is C16H27NO. The van der Waals surface area contributed by atoms with E-state index >= 15 is 0 Å². The van der Waals surface area contributed by atoms with Gasteiger partial charge < -0.3 is 5.11 Å². The fraction of sp³-hybridized carbons (Fsp3) is 0.625. The van der Waals surface area contributed by atoms with Gasteiger partial charge in [0, 0.05) is 13.1 Å². The zero-order valence-corrected chi connectivity index (χ0v) is 12.2. The molecule has 1 rings (SSSR count). The first-order chi connectivity index (χ1) is 8.56. The van der Waals surface area contributed by atoms with Crippen molar-refractivity contribution >= 4 is 0 Å². The van der Waals surface area contributed by atoms with E-state index in [0.717, 1.165) is 32.5 Å². The van der Waals surface area contributed by atoms with E-state index in [1.54, 1.807) is 0 Å². The Morgan fingerprint density at radius 1 is 1.22 bits per heavy atom. The Morgan fingerprint density at radius 3 is 2.56 bits per heavy atom. The van der Waals surface area contributed by atoms with Crippen LogP contribution in [0.15, 0.2) is 18.2 Å². The third kappa shape index (κ3) is 4.79. The first-order valence-corrected chi connectivity index (χ1v) is 7.03. The SMILES string of the molecule is CCCN(Cc1cc(C)ccc1C)CC(O)CC. The quantitative estimate of drug-likeness (QED) is 0.801. The summed E-state index contributed by atoms with van der Waals surface area (Å²) in [5, 5.41) is 9.82. The van der Waals surface area contributed by atoms with Gasteiger partial charge in [-0.05, 0) is 44.4 Å². The van der Waals surface area contributed by atoms with E-state index in [0.29, 0.717) is 0 Å². The Balaban J connectivity index is 2.72. The number of hydrogen-bond acceptors (Lipinski definition) is 2. The number of nitrogens with zero attached hydrogens (tertiary/aromatic N) is 1. The summed E-state index contributed by atoms with van der Waals surface area (Å²) < 4.78 is 0. The van der Waals surface area contributed by atoms with E-state index in [4.69, 9.17) is 0 Å². The fourth-order valence-electron chi connectivity index (χ4n) is 2.19. The van der Waals surface area contributed by atoms with E-state index in [1.165, 1.54) is 16.7 Å². The highest BCUT2D eigenvalue weighted by atomic mass is 16.3. The number of aryl methyl sites for hydroxylation is 2. The van der Waals surface area contributed by atoms with E-state index < -0.39 is 0 Å². The molecule has 0 spiro atoms. The molecule has 2 heteroatoms. The summed E-state index contributed by atoms with van der Waals surface area (Å²) in [6.45, 7) is 11.3. The average Bonchev–Trinajstić information content (AvgIpc) is 2.34. The molecule has 0 radical (unpaired) electrons. The summed E-state index contributed by atoms with van der Waals surface area (Å²) in [7, 11) is 0. The first kappa shape index (κ1) is 15.2. The predicted molar refractivity (Wildman–Crippen MR) is 77.8 cm³/mol. The molecule has 2 nitrogen and oxygen atoms in total. The lowest BCUT2D eigenvalue weighted by molar-refractivity contribution is 0.105. The smallest absolute Gasteiger partial charge is 0.0664 e. The van der Waals surface area contributed by atoms with Crippen molar-refractivity contribution in [2.75, 3.05) is 13.1 Å². The van der Waals surface area contributed by atoms with Crippen LogP contribution in [0.2, 0.25) is 0 Å². The van der Waals surface area contributed by atoms with Crippen LogP contribution in [0, 0.1) is 13.8 Å². The number of rotatable bonds is 7. The number of aliphatic hydroxyl groups excluding tert-OH is 1. The maximum atomic E-state index is 9.82. The topological polar surface area (TPSA) is 23.5 Å². The fourth-order valence-corrected chi connectivity index (χ4v) is 2.19. The minimum absolute atomic E-state index is 0.207. The molecule has 0 saturated carbocycles. The molecular weight excluding hydrogens is 222 g/mol. The van der Waals surface area contributed by atoms with Crippen molar-refractivity contribution in [2.24, 2.45) is 0 Å². The van der Waals surface area contributed by atoms with Crippen LogP contribution < -0.4 is 0 Å². The van der Waals surface area contributed by atoms with Crippen LogP contribution in [0.3, 0.4) is 0 Å². The van der Waals surface area contributed by atoms with Crippen LogP contribution in [0.4, 0.5) is 0 Å². The normalized spacial score (nSPS) is 13.0. The Bertz CT molecular complexity index is 362. The van der Waals surface area contributed by atoms with Crippen molar-refractivity contribution in [3.63, 3.8) is 0 Å². The molecule has 0 heterocycles. The van der Waals surface area contributed by atoms with Gasteiger partial charge in [-0.15, -0.1) is 0 Å². The molecule has 0 aromatic heterocycles. The molecule has 1 atom stereocenters. The Kier molecular flexibility index (Phi) is 6.37. The highest BCUT2D eigenvalue weighted by molar-refractivity contribution is 5.30. The van der Waals surface area contributed by atoms with Crippen molar-refractivity contribution in [2.45, 2.75) is 53.2 Å². The van der Waals surface area contributed by atoms with Gasteiger partial charge >= 0.3 is 0 Å². The third-order valence-corrected chi connectivity index (χ3v) is 3.38. The van der Waals surface area contributed by atoms with Gasteiger partial charge in [0.05, 0.1) is 6.10 Å². The maximum absolute atomic E-state index is 9.82. The van der Waals surface area contributed by atoms with Gasteiger partial charge in [0.2, 0.25) is 0 Å². The van der Waals surface area contributed by atoms with Gasteiger partial charge in [0.15, 0.2) is 0 Å². The highest BCUT2D eigenvalue weighted by Gasteiger charge is 2.11. The molecule has 0 fully saturated rings. The first-order valence-electron chi connectivity index (χ1n) is 7.03. The molecule has 1 aromatic rings. The molecule has 0 saturated heterocycles. The lowest BCUT2D eigenvalue weighted by Crippen LogP contribution is -2.32. The van der Waals surface area contributed by atoms with Gasteiger partial charge in [0.1, 0.15) is 0 Å². The molecule has 102 valence electrons. The molecule has 18 heavy (non-hydrogen) atoms. The van der Waals surface area contributed by atoms with Crippen LogP contribution >= 0.6 is 0 Å². The van der Waals surface area contributed by atoms with E-state index in [1.807, 2.05) is 6.92 Å². The molecule has 1 aromatic carbocycles. The number of aliphatic hydroxyl groups is 1. The maximum Gasteiger partial charge on any atom is 0.0664 e. The van der Waals surface area contributed by atoms with Gasteiger partial charge in [-0.2, -0.15) is 0 Å². The summed E-state index contributed by atoms with van der Waals surface area (Å²) in [4.78, 5) is 2.36. The van der Waals surface area contributed by atoms with Gasteiger partial charge in [-0.1, -0.05) is 37.6 Å². The zero-order chi connectivity index (χ0) is 13.5. The van der Waals surface area contributed by atoms with Gasteiger partial charge in [-0.25, -0.2) is 0 Å². The summed E-state index contributed by atoms with van der Waals surface area (Å²) in [6.07, 6.45) is 1.75. The van der Waals surface area contributed by atoms with Crippen molar-refractivity contribution in [1.29, 1.82) is 0 Å². The lowest BCUT2D eigenvalue weighted by atomic mass is 10.0. The minimum Gasteiger partial charge on any atom is -0.392 e.